The van der Waals surface area contributed by atoms with Gasteiger partial charge < -0.3 is 14.5 Å². The van der Waals surface area contributed by atoms with Crippen molar-refractivity contribution in [3.05, 3.63) is 121 Å². The first kappa shape index (κ1) is 19.6. The van der Waals surface area contributed by atoms with Crippen LogP contribution in [0.4, 0.5) is 5.69 Å². The normalized spacial score (nSPS) is 10.8. The lowest BCUT2D eigenvalue weighted by Crippen LogP contribution is -2.10. The molecule has 1 aromatic heterocycles. The van der Waals surface area contributed by atoms with Crippen LogP contribution < -0.4 is 10.1 Å². The Morgan fingerprint density at radius 2 is 1.44 bits per heavy atom. The number of rotatable bonds is 6. The van der Waals surface area contributed by atoms with E-state index in [2.05, 4.69) is 17.4 Å². The van der Waals surface area contributed by atoms with Gasteiger partial charge in [0.05, 0.1) is 0 Å². The minimum Gasteiger partial charge on any atom is -0.485 e. The smallest absolute Gasteiger partial charge is 0.291 e. The van der Waals surface area contributed by atoms with E-state index in [4.69, 9.17) is 9.15 Å². The van der Waals surface area contributed by atoms with Gasteiger partial charge in [0, 0.05) is 11.1 Å². The molecular formula is C28H21NO3. The van der Waals surface area contributed by atoms with Gasteiger partial charge in [0.2, 0.25) is 0 Å². The summed E-state index contributed by atoms with van der Waals surface area (Å²) in [4.78, 5) is 12.6. The lowest BCUT2D eigenvalue weighted by Gasteiger charge is -2.08. The molecule has 0 aliphatic rings. The van der Waals surface area contributed by atoms with Crippen molar-refractivity contribution < 1.29 is 13.9 Å². The van der Waals surface area contributed by atoms with Gasteiger partial charge in [0.1, 0.15) is 18.1 Å². The van der Waals surface area contributed by atoms with Crippen LogP contribution in [0.3, 0.4) is 0 Å². The molecule has 0 radical (unpaired) electrons. The SMILES string of the molecule is O=C(Nc1ccc(-c2ccccc2)cc1)c1ccc(COc2cccc3ccccc23)o1. The molecule has 0 atom stereocenters. The molecule has 0 unspecified atom stereocenters. The molecule has 1 heterocycles. The molecule has 0 bridgehead atoms. The van der Waals surface area contributed by atoms with Crippen molar-refractivity contribution >= 4 is 22.4 Å². The van der Waals surface area contributed by atoms with E-state index in [0.717, 1.165) is 27.6 Å². The molecular weight excluding hydrogens is 398 g/mol. The quantitative estimate of drug-likeness (QED) is 0.325. The average molecular weight is 419 g/mol. The Morgan fingerprint density at radius 3 is 2.28 bits per heavy atom. The minimum absolute atomic E-state index is 0.243. The summed E-state index contributed by atoms with van der Waals surface area (Å²) in [5, 5.41) is 5.03. The Balaban J connectivity index is 1.23. The van der Waals surface area contributed by atoms with Crippen LogP contribution >= 0.6 is 0 Å². The number of nitrogens with one attached hydrogen (secondary N) is 1. The zero-order valence-electron chi connectivity index (χ0n) is 17.3. The fraction of sp³-hybridized carbons (Fsp3) is 0.0357. The van der Waals surface area contributed by atoms with E-state index >= 15 is 0 Å². The summed E-state index contributed by atoms with van der Waals surface area (Å²) >= 11 is 0. The molecule has 156 valence electrons. The van der Waals surface area contributed by atoms with Crippen molar-refractivity contribution in [2.75, 3.05) is 5.32 Å². The maximum Gasteiger partial charge on any atom is 0.291 e. The molecule has 4 aromatic carbocycles. The molecule has 0 aliphatic carbocycles. The number of benzene rings is 4. The summed E-state index contributed by atoms with van der Waals surface area (Å²) in [6.07, 6.45) is 0. The van der Waals surface area contributed by atoms with E-state index in [9.17, 15) is 4.79 Å². The van der Waals surface area contributed by atoms with E-state index in [1.807, 2.05) is 84.9 Å². The van der Waals surface area contributed by atoms with Crippen LogP contribution in [0.1, 0.15) is 16.3 Å². The lowest BCUT2D eigenvalue weighted by molar-refractivity contribution is 0.0992. The van der Waals surface area contributed by atoms with Crippen LogP contribution in [0.25, 0.3) is 21.9 Å². The number of amides is 1. The Hall–Kier alpha value is -4.31. The lowest BCUT2D eigenvalue weighted by atomic mass is 10.1. The second kappa shape index (κ2) is 8.82. The summed E-state index contributed by atoms with van der Waals surface area (Å²) in [5.74, 6) is 1.31. The van der Waals surface area contributed by atoms with Crippen molar-refractivity contribution in [2.45, 2.75) is 6.61 Å². The molecule has 4 nitrogen and oxygen atoms in total. The van der Waals surface area contributed by atoms with Crippen molar-refractivity contribution in [1.29, 1.82) is 0 Å². The molecule has 0 saturated carbocycles. The van der Waals surface area contributed by atoms with Gasteiger partial charge in [0.15, 0.2) is 5.76 Å². The third kappa shape index (κ3) is 4.25. The van der Waals surface area contributed by atoms with Gasteiger partial charge in [-0.3, -0.25) is 4.79 Å². The van der Waals surface area contributed by atoms with Gasteiger partial charge in [0.25, 0.3) is 5.91 Å². The number of furan rings is 1. The van der Waals surface area contributed by atoms with E-state index < -0.39 is 0 Å². The molecule has 1 N–H and O–H groups in total. The summed E-state index contributed by atoms with van der Waals surface area (Å²) < 4.78 is 11.7. The number of hydrogen-bond acceptors (Lipinski definition) is 3. The Morgan fingerprint density at radius 1 is 0.719 bits per heavy atom. The standard InChI is InChI=1S/C28H21NO3/c30-28(29-23-15-13-21(14-16-23)20-7-2-1-3-8-20)27-18-17-24(32-27)19-31-26-12-6-10-22-9-4-5-11-25(22)26/h1-18H,19H2,(H,29,30). The third-order valence-corrected chi connectivity index (χ3v) is 5.25. The van der Waals surface area contributed by atoms with Crippen LogP contribution in [0, 0.1) is 0 Å². The van der Waals surface area contributed by atoms with Gasteiger partial charge in [-0.15, -0.1) is 0 Å². The van der Waals surface area contributed by atoms with E-state index in [-0.39, 0.29) is 18.3 Å². The van der Waals surface area contributed by atoms with E-state index in [1.54, 1.807) is 12.1 Å². The van der Waals surface area contributed by atoms with Crippen LogP contribution in [0.15, 0.2) is 114 Å². The maximum absolute atomic E-state index is 12.6. The highest BCUT2D eigenvalue weighted by Gasteiger charge is 2.12. The fourth-order valence-corrected chi connectivity index (χ4v) is 3.62. The number of hydrogen-bond donors (Lipinski definition) is 1. The predicted octanol–water partition coefficient (Wildman–Crippen LogP) is 6.93. The first-order chi connectivity index (χ1) is 15.8. The molecule has 0 spiro atoms. The second-order valence-electron chi connectivity index (χ2n) is 7.43. The molecule has 4 heteroatoms. The number of ether oxygens (including phenoxy) is 1. The summed E-state index contributed by atoms with van der Waals surface area (Å²) in [6.45, 7) is 0.243. The van der Waals surface area contributed by atoms with Crippen LogP contribution in [0.5, 0.6) is 5.75 Å². The predicted molar refractivity (Wildman–Crippen MR) is 127 cm³/mol. The van der Waals surface area contributed by atoms with Crippen molar-refractivity contribution in [1.82, 2.24) is 0 Å². The van der Waals surface area contributed by atoms with Crippen molar-refractivity contribution in [3.8, 4) is 16.9 Å². The fourth-order valence-electron chi connectivity index (χ4n) is 3.62. The van der Waals surface area contributed by atoms with Gasteiger partial charge in [-0.05, 0) is 46.8 Å². The topological polar surface area (TPSA) is 51.5 Å². The van der Waals surface area contributed by atoms with Crippen LogP contribution in [-0.2, 0) is 6.61 Å². The highest BCUT2D eigenvalue weighted by atomic mass is 16.5. The molecule has 0 saturated heterocycles. The first-order valence-electron chi connectivity index (χ1n) is 10.4. The third-order valence-electron chi connectivity index (χ3n) is 5.25. The van der Waals surface area contributed by atoms with Crippen molar-refractivity contribution in [2.24, 2.45) is 0 Å². The van der Waals surface area contributed by atoms with Gasteiger partial charge in [-0.2, -0.15) is 0 Å². The van der Waals surface area contributed by atoms with E-state index in [0.29, 0.717) is 11.4 Å². The van der Waals surface area contributed by atoms with Crippen LogP contribution in [0.2, 0.25) is 0 Å². The molecule has 1 amide bonds. The summed E-state index contributed by atoms with van der Waals surface area (Å²) in [5.41, 5.74) is 2.93. The van der Waals surface area contributed by atoms with Crippen LogP contribution in [-0.4, -0.2) is 5.91 Å². The first-order valence-corrected chi connectivity index (χ1v) is 10.4. The average Bonchev–Trinajstić information content (AvgIpc) is 3.33. The second-order valence-corrected chi connectivity index (χ2v) is 7.43. The zero-order chi connectivity index (χ0) is 21.8. The number of carbonyl (C=O) groups is 1. The van der Waals surface area contributed by atoms with E-state index in [1.165, 1.54) is 0 Å². The number of fused-ring (bicyclic) bond motifs is 1. The molecule has 5 aromatic rings. The number of anilines is 1. The van der Waals surface area contributed by atoms with Gasteiger partial charge in [-0.1, -0.05) is 78.9 Å². The zero-order valence-corrected chi connectivity index (χ0v) is 17.3. The molecule has 5 rings (SSSR count). The molecule has 0 aliphatic heterocycles. The number of carbonyl (C=O) groups excluding carboxylic acids is 1. The largest absolute Gasteiger partial charge is 0.485 e. The highest BCUT2D eigenvalue weighted by molar-refractivity contribution is 6.02. The monoisotopic (exact) mass is 419 g/mol. The minimum atomic E-state index is -0.297. The molecule has 32 heavy (non-hydrogen) atoms. The molecule has 0 fully saturated rings. The van der Waals surface area contributed by atoms with Crippen molar-refractivity contribution in [3.63, 3.8) is 0 Å². The highest BCUT2D eigenvalue weighted by Crippen LogP contribution is 2.26. The Kier molecular flexibility index (Phi) is 5.41. The van der Waals surface area contributed by atoms with Gasteiger partial charge >= 0.3 is 0 Å². The maximum atomic E-state index is 12.6. The summed E-state index contributed by atoms with van der Waals surface area (Å²) in [6, 6.07) is 35.2. The Labute approximate surface area is 186 Å². The Bertz CT molecular complexity index is 1350. The van der Waals surface area contributed by atoms with Gasteiger partial charge in [-0.25, -0.2) is 0 Å². The summed E-state index contributed by atoms with van der Waals surface area (Å²) in [7, 11) is 0.